The SMILES string of the molecule is Cc1nn(C)c(-n2ccc3cc(Cl)ccc32)c1C=CC(=O)NS(=O)(=O)N1CCC(C)(O)CC1. The first kappa shape index (κ1) is 23.5. The molecule has 2 N–H and O–H groups in total. The molecule has 0 saturated carbocycles. The molecule has 0 unspecified atom stereocenters. The number of carbonyl (C=O) groups excluding carboxylic acids is 1. The molecule has 0 bridgehead atoms. The van der Waals surface area contributed by atoms with Crippen molar-refractivity contribution < 1.29 is 18.3 Å². The minimum Gasteiger partial charge on any atom is -0.390 e. The van der Waals surface area contributed by atoms with Gasteiger partial charge in [-0.1, -0.05) is 11.6 Å². The lowest BCUT2D eigenvalue weighted by Gasteiger charge is -2.34. The van der Waals surface area contributed by atoms with Crippen LogP contribution >= 0.6 is 11.6 Å². The Morgan fingerprint density at radius 2 is 1.97 bits per heavy atom. The molecule has 3 heterocycles. The minimum atomic E-state index is -4.00. The van der Waals surface area contributed by atoms with E-state index in [0.29, 0.717) is 29.1 Å². The molecule has 2 aromatic heterocycles. The molecule has 9 nitrogen and oxygen atoms in total. The van der Waals surface area contributed by atoms with Crippen LogP contribution in [0.25, 0.3) is 22.8 Å². The maximum Gasteiger partial charge on any atom is 0.304 e. The Morgan fingerprint density at radius 3 is 2.67 bits per heavy atom. The molecule has 3 aromatic rings. The second-order valence-electron chi connectivity index (χ2n) is 8.54. The zero-order valence-corrected chi connectivity index (χ0v) is 20.2. The van der Waals surface area contributed by atoms with E-state index in [2.05, 4.69) is 9.82 Å². The molecule has 1 amide bonds. The van der Waals surface area contributed by atoms with Crippen molar-refractivity contribution in [3.05, 3.63) is 52.8 Å². The number of hydrogen-bond acceptors (Lipinski definition) is 5. The molecule has 0 spiro atoms. The van der Waals surface area contributed by atoms with Gasteiger partial charge in [0.25, 0.3) is 5.91 Å². The molecule has 0 radical (unpaired) electrons. The highest BCUT2D eigenvalue weighted by atomic mass is 35.5. The molecule has 11 heteroatoms. The number of fused-ring (bicyclic) bond motifs is 1. The first-order valence-corrected chi connectivity index (χ1v) is 12.3. The van der Waals surface area contributed by atoms with Crippen LogP contribution in [-0.2, 0) is 22.1 Å². The van der Waals surface area contributed by atoms with Gasteiger partial charge >= 0.3 is 10.2 Å². The third kappa shape index (κ3) is 4.84. The Labute approximate surface area is 197 Å². The molecule has 176 valence electrons. The van der Waals surface area contributed by atoms with Gasteiger partial charge in [0.2, 0.25) is 0 Å². The summed E-state index contributed by atoms with van der Waals surface area (Å²) in [7, 11) is -2.19. The van der Waals surface area contributed by atoms with Gasteiger partial charge in [-0.3, -0.25) is 9.48 Å². The monoisotopic (exact) mass is 491 g/mol. The van der Waals surface area contributed by atoms with Crippen molar-refractivity contribution in [1.82, 2.24) is 23.4 Å². The second kappa shape index (κ2) is 8.60. The summed E-state index contributed by atoms with van der Waals surface area (Å²) in [6, 6.07) is 7.51. The van der Waals surface area contributed by atoms with Crippen LogP contribution in [0.5, 0.6) is 0 Å². The summed E-state index contributed by atoms with van der Waals surface area (Å²) in [5, 5.41) is 16.1. The number of aromatic nitrogens is 3. The number of nitrogens with one attached hydrogen (secondary N) is 1. The van der Waals surface area contributed by atoms with Gasteiger partial charge < -0.3 is 9.67 Å². The summed E-state index contributed by atoms with van der Waals surface area (Å²) in [6.45, 7) is 3.79. The lowest BCUT2D eigenvalue weighted by Crippen LogP contribution is -2.50. The van der Waals surface area contributed by atoms with Crippen molar-refractivity contribution in [2.45, 2.75) is 32.3 Å². The van der Waals surface area contributed by atoms with Gasteiger partial charge in [-0.2, -0.15) is 17.8 Å². The molecular weight excluding hydrogens is 466 g/mol. The Balaban J connectivity index is 1.57. The highest BCUT2D eigenvalue weighted by molar-refractivity contribution is 7.87. The van der Waals surface area contributed by atoms with Gasteiger partial charge in [0.05, 0.1) is 16.8 Å². The van der Waals surface area contributed by atoms with Crippen molar-refractivity contribution in [3.8, 4) is 5.82 Å². The maximum absolute atomic E-state index is 12.6. The summed E-state index contributed by atoms with van der Waals surface area (Å²) in [5.41, 5.74) is 1.41. The Kier molecular flexibility index (Phi) is 6.12. The zero-order chi connectivity index (χ0) is 24.0. The number of amides is 1. The average molecular weight is 492 g/mol. The van der Waals surface area contributed by atoms with Crippen molar-refractivity contribution in [1.29, 1.82) is 0 Å². The van der Waals surface area contributed by atoms with E-state index in [-0.39, 0.29) is 13.1 Å². The van der Waals surface area contributed by atoms with Crippen LogP contribution < -0.4 is 4.72 Å². The van der Waals surface area contributed by atoms with Crippen molar-refractivity contribution in [2.24, 2.45) is 7.05 Å². The van der Waals surface area contributed by atoms with Gasteiger partial charge in [-0.05, 0) is 57.0 Å². The summed E-state index contributed by atoms with van der Waals surface area (Å²) >= 11 is 6.10. The number of benzene rings is 1. The first-order chi connectivity index (χ1) is 15.5. The van der Waals surface area contributed by atoms with E-state index in [1.807, 2.05) is 35.9 Å². The van der Waals surface area contributed by atoms with Gasteiger partial charge in [-0.15, -0.1) is 0 Å². The maximum atomic E-state index is 12.6. The molecule has 33 heavy (non-hydrogen) atoms. The summed E-state index contributed by atoms with van der Waals surface area (Å²) < 4.78 is 32.0. The molecule has 0 atom stereocenters. The van der Waals surface area contributed by atoms with E-state index in [9.17, 15) is 18.3 Å². The number of rotatable bonds is 5. The summed E-state index contributed by atoms with van der Waals surface area (Å²) in [5.74, 6) is -0.0272. The fourth-order valence-electron chi connectivity index (χ4n) is 4.03. The van der Waals surface area contributed by atoms with E-state index in [1.54, 1.807) is 30.8 Å². The number of halogens is 1. The standard InChI is InChI=1S/C22H26ClN5O4S/c1-15-18(5-7-20(29)25-33(31,32)27-12-9-22(2,30)10-13-27)21(26(3)24-15)28-11-8-16-14-17(23)4-6-19(16)28/h4-8,11,14,30H,9-10,12-13H2,1-3H3,(H,25,29). The Hall–Kier alpha value is -2.66. The van der Waals surface area contributed by atoms with Gasteiger partial charge in [0.1, 0.15) is 5.82 Å². The summed E-state index contributed by atoms with van der Waals surface area (Å²) in [4.78, 5) is 12.5. The third-order valence-corrected chi connectivity index (χ3v) is 7.63. The van der Waals surface area contributed by atoms with Crippen molar-refractivity contribution in [3.63, 3.8) is 0 Å². The van der Waals surface area contributed by atoms with Crippen LogP contribution in [0.3, 0.4) is 0 Å². The number of aliphatic hydroxyl groups is 1. The van der Waals surface area contributed by atoms with Crippen molar-refractivity contribution in [2.75, 3.05) is 13.1 Å². The van der Waals surface area contributed by atoms with E-state index >= 15 is 0 Å². The Bertz CT molecular complexity index is 1350. The molecule has 1 aliphatic rings. The first-order valence-electron chi connectivity index (χ1n) is 10.5. The predicted octanol–water partition coefficient (Wildman–Crippen LogP) is 2.55. The van der Waals surface area contributed by atoms with Crippen LogP contribution in [0.15, 0.2) is 36.5 Å². The third-order valence-electron chi connectivity index (χ3n) is 5.89. The van der Waals surface area contributed by atoms with Gasteiger partial charge in [-0.25, -0.2) is 4.72 Å². The van der Waals surface area contributed by atoms with Crippen LogP contribution in [0.2, 0.25) is 5.02 Å². The number of nitrogens with zero attached hydrogens (tertiary/aromatic N) is 4. The molecular formula is C22H26ClN5O4S. The number of piperidine rings is 1. The largest absolute Gasteiger partial charge is 0.390 e. The summed E-state index contributed by atoms with van der Waals surface area (Å²) in [6.07, 6.45) is 5.27. The van der Waals surface area contributed by atoms with Crippen LogP contribution in [0, 0.1) is 6.92 Å². The average Bonchev–Trinajstić information content (AvgIpc) is 3.24. The molecule has 1 aliphatic heterocycles. The highest BCUT2D eigenvalue weighted by Gasteiger charge is 2.33. The molecule has 0 aliphatic carbocycles. The normalized spacial score (nSPS) is 17.1. The number of aryl methyl sites for hydroxylation is 2. The highest BCUT2D eigenvalue weighted by Crippen LogP contribution is 2.27. The Morgan fingerprint density at radius 1 is 1.27 bits per heavy atom. The zero-order valence-electron chi connectivity index (χ0n) is 18.6. The lowest BCUT2D eigenvalue weighted by molar-refractivity contribution is -0.114. The van der Waals surface area contributed by atoms with Crippen molar-refractivity contribution >= 4 is 44.7 Å². The lowest BCUT2D eigenvalue weighted by atomic mass is 9.95. The number of hydrogen-bond donors (Lipinski definition) is 2. The van der Waals surface area contributed by atoms with E-state index in [0.717, 1.165) is 16.7 Å². The van der Waals surface area contributed by atoms with Crippen LogP contribution in [0.4, 0.5) is 0 Å². The van der Waals surface area contributed by atoms with E-state index < -0.39 is 21.7 Å². The molecule has 1 fully saturated rings. The quantitative estimate of drug-likeness (QED) is 0.533. The van der Waals surface area contributed by atoms with E-state index in [4.69, 9.17) is 11.6 Å². The number of carbonyl (C=O) groups is 1. The molecule has 4 rings (SSSR count). The minimum absolute atomic E-state index is 0.149. The van der Waals surface area contributed by atoms with Gasteiger partial charge in [0, 0.05) is 48.4 Å². The van der Waals surface area contributed by atoms with Crippen LogP contribution in [-0.4, -0.2) is 56.8 Å². The predicted molar refractivity (Wildman–Crippen MR) is 127 cm³/mol. The fraction of sp³-hybridized carbons (Fsp3) is 0.364. The molecule has 1 aromatic carbocycles. The molecule has 1 saturated heterocycles. The van der Waals surface area contributed by atoms with E-state index in [1.165, 1.54) is 10.4 Å². The topological polar surface area (TPSA) is 109 Å². The second-order valence-corrected chi connectivity index (χ2v) is 10.6. The fourth-order valence-corrected chi connectivity index (χ4v) is 5.33. The van der Waals surface area contributed by atoms with Crippen LogP contribution in [0.1, 0.15) is 31.0 Å². The van der Waals surface area contributed by atoms with Gasteiger partial charge in [0.15, 0.2) is 0 Å². The smallest absolute Gasteiger partial charge is 0.304 e.